The molecule has 2 aromatic rings. The molecule has 0 atom stereocenters. The number of hydrogen-bond acceptors (Lipinski definition) is 3. The predicted octanol–water partition coefficient (Wildman–Crippen LogP) is 3.53. The second-order valence-electron chi connectivity index (χ2n) is 4.06. The molecule has 0 saturated carbocycles. The zero-order valence-electron chi connectivity index (χ0n) is 10.6. The first-order chi connectivity index (χ1) is 9.22. The number of rotatable bonds is 5. The summed E-state index contributed by atoms with van der Waals surface area (Å²) in [5.41, 5.74) is 1.92. The van der Waals surface area contributed by atoms with Crippen LogP contribution in [0.4, 0.5) is 0 Å². The summed E-state index contributed by atoms with van der Waals surface area (Å²) < 4.78 is 11.7. The Morgan fingerprint density at radius 2 is 1.74 bits per heavy atom. The third kappa shape index (κ3) is 3.72. The third-order valence-electron chi connectivity index (χ3n) is 2.73. The number of aliphatic hydroxyl groups is 1. The highest BCUT2D eigenvalue weighted by molar-refractivity contribution is 9.10. The first-order valence-electron chi connectivity index (χ1n) is 5.88. The molecule has 0 amide bonds. The normalized spacial score (nSPS) is 10.3. The molecule has 0 radical (unpaired) electrons. The van der Waals surface area contributed by atoms with Crippen molar-refractivity contribution >= 4 is 15.9 Å². The average molecular weight is 323 g/mol. The van der Waals surface area contributed by atoms with Crippen LogP contribution in [-0.2, 0) is 13.2 Å². The molecule has 0 fully saturated rings. The second-order valence-corrected chi connectivity index (χ2v) is 4.91. The van der Waals surface area contributed by atoms with Gasteiger partial charge in [-0.05, 0) is 51.3 Å². The monoisotopic (exact) mass is 322 g/mol. The summed E-state index contributed by atoms with van der Waals surface area (Å²) in [6.45, 7) is 0.512. The first-order valence-corrected chi connectivity index (χ1v) is 6.67. The van der Waals surface area contributed by atoms with Crippen LogP contribution in [0.25, 0.3) is 0 Å². The summed E-state index contributed by atoms with van der Waals surface area (Å²) >= 11 is 3.43. The highest BCUT2D eigenvalue weighted by Gasteiger charge is 2.03. The molecule has 0 unspecified atom stereocenters. The van der Waals surface area contributed by atoms with Gasteiger partial charge < -0.3 is 14.6 Å². The minimum atomic E-state index is 0.0252. The van der Waals surface area contributed by atoms with Crippen molar-refractivity contribution in [2.24, 2.45) is 0 Å². The predicted molar refractivity (Wildman–Crippen MR) is 77.4 cm³/mol. The van der Waals surface area contributed by atoms with Crippen molar-refractivity contribution in [1.82, 2.24) is 0 Å². The topological polar surface area (TPSA) is 38.7 Å². The Bertz CT molecular complexity index is 538. The molecule has 2 aromatic carbocycles. The Balaban J connectivity index is 2.01. The van der Waals surface area contributed by atoms with E-state index in [4.69, 9.17) is 14.6 Å². The molecule has 0 aliphatic rings. The molecular formula is C15H15BrO3. The Morgan fingerprint density at radius 1 is 1.05 bits per heavy atom. The molecule has 0 spiro atoms. The van der Waals surface area contributed by atoms with Gasteiger partial charge in [-0.1, -0.05) is 18.2 Å². The lowest BCUT2D eigenvalue weighted by Crippen LogP contribution is -1.96. The zero-order chi connectivity index (χ0) is 13.7. The summed E-state index contributed by atoms with van der Waals surface area (Å²) in [6, 6.07) is 13.3. The Kier molecular flexibility index (Phi) is 4.82. The highest BCUT2D eigenvalue weighted by Crippen LogP contribution is 2.27. The largest absolute Gasteiger partial charge is 0.497 e. The van der Waals surface area contributed by atoms with Crippen LogP contribution in [0, 0.1) is 0 Å². The molecule has 0 aromatic heterocycles. The van der Waals surface area contributed by atoms with Gasteiger partial charge in [0.25, 0.3) is 0 Å². The third-order valence-corrected chi connectivity index (χ3v) is 3.35. The molecule has 0 bridgehead atoms. The molecule has 0 saturated heterocycles. The SMILES string of the molecule is COc1ccc(COc2ccc(CO)cc2Br)cc1. The lowest BCUT2D eigenvalue weighted by molar-refractivity contribution is 0.280. The zero-order valence-corrected chi connectivity index (χ0v) is 12.2. The number of benzene rings is 2. The van der Waals surface area contributed by atoms with Crippen LogP contribution in [-0.4, -0.2) is 12.2 Å². The van der Waals surface area contributed by atoms with Crippen LogP contribution < -0.4 is 9.47 Å². The standard InChI is InChI=1S/C15H15BrO3/c1-18-13-5-2-11(3-6-13)10-19-15-7-4-12(9-17)8-14(15)16/h2-8,17H,9-10H2,1H3. The summed E-state index contributed by atoms with van der Waals surface area (Å²) in [5, 5.41) is 9.04. The molecular weight excluding hydrogens is 308 g/mol. The molecule has 2 rings (SSSR count). The molecule has 0 aliphatic carbocycles. The Morgan fingerprint density at radius 3 is 2.32 bits per heavy atom. The van der Waals surface area contributed by atoms with Crippen molar-refractivity contribution < 1.29 is 14.6 Å². The average Bonchev–Trinajstić information content (AvgIpc) is 2.46. The van der Waals surface area contributed by atoms with E-state index in [2.05, 4.69) is 15.9 Å². The van der Waals surface area contributed by atoms with Crippen LogP contribution in [0.3, 0.4) is 0 Å². The van der Waals surface area contributed by atoms with E-state index in [1.807, 2.05) is 42.5 Å². The van der Waals surface area contributed by atoms with Gasteiger partial charge in [-0.15, -0.1) is 0 Å². The second kappa shape index (κ2) is 6.59. The lowest BCUT2D eigenvalue weighted by Gasteiger charge is -2.09. The van der Waals surface area contributed by atoms with Crippen molar-refractivity contribution in [2.75, 3.05) is 7.11 Å². The fourth-order valence-corrected chi connectivity index (χ4v) is 2.18. The van der Waals surface area contributed by atoms with Gasteiger partial charge in [0.1, 0.15) is 18.1 Å². The van der Waals surface area contributed by atoms with E-state index in [9.17, 15) is 0 Å². The first kappa shape index (κ1) is 13.9. The van der Waals surface area contributed by atoms with Crippen LogP contribution >= 0.6 is 15.9 Å². The maximum absolute atomic E-state index is 9.04. The summed E-state index contributed by atoms with van der Waals surface area (Å²) in [5.74, 6) is 1.59. The molecule has 100 valence electrons. The minimum absolute atomic E-state index is 0.0252. The van der Waals surface area contributed by atoms with E-state index in [0.717, 1.165) is 27.1 Å². The molecule has 3 nitrogen and oxygen atoms in total. The van der Waals surface area contributed by atoms with E-state index < -0.39 is 0 Å². The molecule has 1 N–H and O–H groups in total. The van der Waals surface area contributed by atoms with Crippen molar-refractivity contribution in [1.29, 1.82) is 0 Å². The Labute approximate surface area is 120 Å². The van der Waals surface area contributed by atoms with Crippen LogP contribution in [0.2, 0.25) is 0 Å². The van der Waals surface area contributed by atoms with Gasteiger partial charge in [0.05, 0.1) is 18.2 Å². The van der Waals surface area contributed by atoms with Gasteiger partial charge >= 0.3 is 0 Å². The van der Waals surface area contributed by atoms with E-state index in [0.29, 0.717) is 6.61 Å². The Hall–Kier alpha value is -1.52. The fraction of sp³-hybridized carbons (Fsp3) is 0.200. The van der Waals surface area contributed by atoms with Crippen molar-refractivity contribution in [3.63, 3.8) is 0 Å². The number of hydrogen-bond donors (Lipinski definition) is 1. The van der Waals surface area contributed by atoms with Crippen molar-refractivity contribution in [3.05, 3.63) is 58.1 Å². The van der Waals surface area contributed by atoms with E-state index >= 15 is 0 Å². The van der Waals surface area contributed by atoms with Crippen LogP contribution in [0.1, 0.15) is 11.1 Å². The maximum Gasteiger partial charge on any atom is 0.134 e. The fourth-order valence-electron chi connectivity index (χ4n) is 1.64. The summed E-state index contributed by atoms with van der Waals surface area (Å²) in [7, 11) is 1.64. The summed E-state index contributed by atoms with van der Waals surface area (Å²) in [6.07, 6.45) is 0. The number of methoxy groups -OCH3 is 1. The van der Waals surface area contributed by atoms with E-state index in [1.54, 1.807) is 7.11 Å². The highest BCUT2D eigenvalue weighted by atomic mass is 79.9. The number of halogens is 1. The van der Waals surface area contributed by atoms with Gasteiger partial charge in [0.2, 0.25) is 0 Å². The smallest absolute Gasteiger partial charge is 0.134 e. The number of aliphatic hydroxyl groups excluding tert-OH is 1. The van der Waals surface area contributed by atoms with Gasteiger partial charge in [-0.3, -0.25) is 0 Å². The van der Waals surface area contributed by atoms with Gasteiger partial charge in [-0.2, -0.15) is 0 Å². The number of ether oxygens (including phenoxy) is 2. The van der Waals surface area contributed by atoms with Gasteiger partial charge in [-0.25, -0.2) is 0 Å². The van der Waals surface area contributed by atoms with Crippen molar-refractivity contribution in [3.8, 4) is 11.5 Å². The van der Waals surface area contributed by atoms with Crippen LogP contribution in [0.15, 0.2) is 46.9 Å². The molecule has 4 heteroatoms. The van der Waals surface area contributed by atoms with Gasteiger partial charge in [0.15, 0.2) is 0 Å². The van der Waals surface area contributed by atoms with E-state index in [1.165, 1.54) is 0 Å². The maximum atomic E-state index is 9.04. The quantitative estimate of drug-likeness (QED) is 0.915. The minimum Gasteiger partial charge on any atom is -0.497 e. The van der Waals surface area contributed by atoms with Crippen molar-refractivity contribution in [2.45, 2.75) is 13.2 Å². The summed E-state index contributed by atoms with van der Waals surface area (Å²) in [4.78, 5) is 0. The van der Waals surface area contributed by atoms with E-state index in [-0.39, 0.29) is 6.61 Å². The molecule has 19 heavy (non-hydrogen) atoms. The van der Waals surface area contributed by atoms with Gasteiger partial charge in [0, 0.05) is 0 Å². The molecule has 0 aliphatic heterocycles. The van der Waals surface area contributed by atoms with Crippen LogP contribution in [0.5, 0.6) is 11.5 Å². The molecule has 0 heterocycles. The lowest BCUT2D eigenvalue weighted by atomic mass is 10.2.